The molecule has 0 aromatic rings. The van der Waals surface area contributed by atoms with Gasteiger partial charge in [0, 0.05) is 24.5 Å². The third-order valence-corrected chi connectivity index (χ3v) is 2.84. The summed E-state index contributed by atoms with van der Waals surface area (Å²) in [6.07, 6.45) is 2.05. The fourth-order valence-corrected chi connectivity index (χ4v) is 1.55. The van der Waals surface area contributed by atoms with E-state index in [1.165, 1.54) is 0 Å². The van der Waals surface area contributed by atoms with Crippen molar-refractivity contribution in [2.24, 2.45) is 11.1 Å². The lowest BCUT2D eigenvalue weighted by atomic mass is 9.90. The first kappa shape index (κ1) is 18.5. The van der Waals surface area contributed by atoms with Gasteiger partial charge in [-0.3, -0.25) is 9.69 Å². The van der Waals surface area contributed by atoms with Crippen molar-refractivity contribution < 1.29 is 4.79 Å². The Bertz CT molecular complexity index is 209. The second kappa shape index (κ2) is 7.49. The molecule has 1 saturated heterocycles. The van der Waals surface area contributed by atoms with E-state index in [-0.39, 0.29) is 30.2 Å². The molecule has 1 rings (SSSR count). The van der Waals surface area contributed by atoms with Crippen LogP contribution in [0.4, 0.5) is 0 Å². The maximum absolute atomic E-state index is 11.7. The minimum absolute atomic E-state index is 0. The Hall–Kier alpha value is 0.170. The quantitative estimate of drug-likeness (QED) is 0.834. The van der Waals surface area contributed by atoms with E-state index in [1.54, 1.807) is 0 Å². The van der Waals surface area contributed by atoms with Gasteiger partial charge in [0.05, 0.1) is 6.54 Å². The molecule has 0 bridgehead atoms. The first-order chi connectivity index (χ1) is 6.39. The molecule has 0 spiro atoms. The van der Waals surface area contributed by atoms with Crippen molar-refractivity contribution in [3.8, 4) is 0 Å². The largest absolute Gasteiger partial charge is 0.328 e. The van der Waals surface area contributed by atoms with Crippen LogP contribution in [0.1, 0.15) is 33.6 Å². The van der Waals surface area contributed by atoms with Gasteiger partial charge in [-0.2, -0.15) is 0 Å². The van der Waals surface area contributed by atoms with Gasteiger partial charge in [0.25, 0.3) is 0 Å². The Balaban J connectivity index is 0. The van der Waals surface area contributed by atoms with Gasteiger partial charge in [-0.25, -0.2) is 0 Å². The predicted molar refractivity (Wildman–Crippen MR) is 72.6 cm³/mol. The van der Waals surface area contributed by atoms with Gasteiger partial charge in [0.2, 0.25) is 0 Å². The van der Waals surface area contributed by atoms with Crippen LogP contribution in [0.15, 0.2) is 0 Å². The summed E-state index contributed by atoms with van der Waals surface area (Å²) >= 11 is 0. The van der Waals surface area contributed by atoms with Crippen molar-refractivity contribution >= 4 is 30.6 Å². The zero-order valence-electron chi connectivity index (χ0n) is 10.4. The van der Waals surface area contributed by atoms with Gasteiger partial charge in [0.15, 0.2) is 5.78 Å². The maximum Gasteiger partial charge on any atom is 0.152 e. The van der Waals surface area contributed by atoms with E-state index in [0.29, 0.717) is 18.4 Å². The van der Waals surface area contributed by atoms with Crippen LogP contribution in [-0.4, -0.2) is 36.4 Å². The molecule has 0 radical (unpaired) electrons. The summed E-state index contributed by atoms with van der Waals surface area (Å²) < 4.78 is 0. The highest BCUT2D eigenvalue weighted by molar-refractivity contribution is 5.86. The third kappa shape index (κ3) is 6.04. The molecule has 0 saturated carbocycles. The predicted octanol–water partition coefficient (Wildman–Crippen LogP) is 1.87. The highest BCUT2D eigenvalue weighted by atomic mass is 35.5. The molecule has 0 atom stereocenters. The topological polar surface area (TPSA) is 46.3 Å². The number of piperidine rings is 1. The Morgan fingerprint density at radius 3 is 2.06 bits per heavy atom. The zero-order chi connectivity index (χ0) is 10.8. The fourth-order valence-electron chi connectivity index (χ4n) is 1.55. The van der Waals surface area contributed by atoms with Crippen LogP contribution >= 0.6 is 24.8 Å². The SMILES string of the molecule is CC(C)(C)C(=O)CN1CCC(N)CC1.Cl.Cl. The second-order valence-corrected chi connectivity index (χ2v) is 5.29. The Morgan fingerprint density at radius 1 is 1.25 bits per heavy atom. The van der Waals surface area contributed by atoms with Gasteiger partial charge >= 0.3 is 0 Å². The van der Waals surface area contributed by atoms with E-state index in [2.05, 4.69) is 4.90 Å². The van der Waals surface area contributed by atoms with Crippen molar-refractivity contribution in [3.05, 3.63) is 0 Å². The number of halogens is 2. The molecule has 98 valence electrons. The van der Waals surface area contributed by atoms with Crippen LogP contribution in [0.3, 0.4) is 0 Å². The number of nitrogens with zero attached hydrogens (tertiary/aromatic N) is 1. The summed E-state index contributed by atoms with van der Waals surface area (Å²) in [6.45, 7) is 8.48. The van der Waals surface area contributed by atoms with Crippen molar-refractivity contribution in [1.82, 2.24) is 4.90 Å². The van der Waals surface area contributed by atoms with Crippen LogP contribution in [0.25, 0.3) is 0 Å². The van der Waals surface area contributed by atoms with Crippen LogP contribution in [0.5, 0.6) is 0 Å². The van der Waals surface area contributed by atoms with E-state index in [0.717, 1.165) is 25.9 Å². The number of hydrogen-bond donors (Lipinski definition) is 1. The first-order valence-corrected chi connectivity index (χ1v) is 5.41. The monoisotopic (exact) mass is 270 g/mol. The summed E-state index contributed by atoms with van der Waals surface area (Å²) in [5.74, 6) is 0.327. The third-order valence-electron chi connectivity index (χ3n) is 2.84. The molecule has 1 aliphatic rings. The minimum Gasteiger partial charge on any atom is -0.328 e. The molecule has 1 heterocycles. The van der Waals surface area contributed by atoms with Gasteiger partial charge < -0.3 is 5.73 Å². The fraction of sp³-hybridized carbons (Fsp3) is 0.909. The van der Waals surface area contributed by atoms with Gasteiger partial charge in [-0.15, -0.1) is 24.8 Å². The van der Waals surface area contributed by atoms with Crippen molar-refractivity contribution in [3.63, 3.8) is 0 Å². The van der Waals surface area contributed by atoms with Gasteiger partial charge in [0.1, 0.15) is 0 Å². The normalized spacial score (nSPS) is 18.5. The minimum atomic E-state index is -0.209. The summed E-state index contributed by atoms with van der Waals surface area (Å²) in [4.78, 5) is 14.0. The summed E-state index contributed by atoms with van der Waals surface area (Å²) in [6, 6.07) is 0.344. The lowest BCUT2D eigenvalue weighted by molar-refractivity contribution is -0.127. The Morgan fingerprint density at radius 2 is 1.69 bits per heavy atom. The Labute approximate surface area is 111 Å². The zero-order valence-corrected chi connectivity index (χ0v) is 12.0. The number of hydrogen-bond acceptors (Lipinski definition) is 3. The van der Waals surface area contributed by atoms with E-state index in [9.17, 15) is 4.79 Å². The number of nitrogens with two attached hydrogens (primary N) is 1. The van der Waals surface area contributed by atoms with E-state index in [4.69, 9.17) is 5.73 Å². The first-order valence-electron chi connectivity index (χ1n) is 5.41. The Kier molecular flexibility index (Phi) is 8.67. The van der Waals surface area contributed by atoms with Crippen molar-refractivity contribution in [2.45, 2.75) is 39.7 Å². The molecule has 0 aromatic heterocycles. The number of likely N-dealkylation sites (tertiary alicyclic amines) is 1. The molecular formula is C11H24Cl2N2O. The molecule has 3 nitrogen and oxygen atoms in total. The number of carbonyl (C=O) groups excluding carboxylic acids is 1. The molecule has 1 aliphatic heterocycles. The molecule has 0 aliphatic carbocycles. The highest BCUT2D eigenvalue weighted by Crippen LogP contribution is 2.16. The van der Waals surface area contributed by atoms with E-state index >= 15 is 0 Å². The molecule has 16 heavy (non-hydrogen) atoms. The molecule has 0 aromatic carbocycles. The molecule has 1 fully saturated rings. The van der Waals surface area contributed by atoms with Crippen molar-refractivity contribution in [1.29, 1.82) is 0 Å². The average molecular weight is 271 g/mol. The number of Topliss-reactive ketones (excluding diaryl/α,β-unsaturated/α-hetero) is 1. The molecule has 0 amide bonds. The standard InChI is InChI=1S/C11H22N2O.2ClH/c1-11(2,3)10(14)8-13-6-4-9(12)5-7-13;;/h9H,4-8,12H2,1-3H3;2*1H. The van der Waals surface area contributed by atoms with Crippen molar-refractivity contribution in [2.75, 3.05) is 19.6 Å². The molecular weight excluding hydrogens is 247 g/mol. The van der Waals surface area contributed by atoms with E-state index in [1.807, 2.05) is 20.8 Å². The maximum atomic E-state index is 11.7. The van der Waals surface area contributed by atoms with Crippen LogP contribution in [0.2, 0.25) is 0 Å². The van der Waals surface area contributed by atoms with E-state index < -0.39 is 0 Å². The number of ketones is 1. The number of carbonyl (C=O) groups is 1. The van der Waals surface area contributed by atoms with Gasteiger partial charge in [-0.1, -0.05) is 20.8 Å². The molecule has 0 unspecified atom stereocenters. The average Bonchev–Trinajstić information content (AvgIpc) is 2.07. The smallest absolute Gasteiger partial charge is 0.152 e. The lowest BCUT2D eigenvalue weighted by Crippen LogP contribution is -2.43. The van der Waals surface area contributed by atoms with Gasteiger partial charge in [-0.05, 0) is 12.8 Å². The summed E-state index contributed by atoms with van der Waals surface area (Å²) in [7, 11) is 0. The van der Waals surface area contributed by atoms with Crippen LogP contribution in [-0.2, 0) is 4.79 Å². The summed E-state index contributed by atoms with van der Waals surface area (Å²) in [5.41, 5.74) is 5.59. The highest BCUT2D eigenvalue weighted by Gasteiger charge is 2.25. The summed E-state index contributed by atoms with van der Waals surface area (Å²) in [5, 5.41) is 0. The molecule has 2 N–H and O–H groups in total. The van der Waals surface area contributed by atoms with Crippen LogP contribution < -0.4 is 5.73 Å². The second-order valence-electron chi connectivity index (χ2n) is 5.29. The van der Waals surface area contributed by atoms with Crippen LogP contribution in [0, 0.1) is 5.41 Å². The molecule has 5 heteroatoms. The number of rotatable bonds is 2. The lowest BCUT2D eigenvalue weighted by Gasteiger charge is -2.31.